The lowest BCUT2D eigenvalue weighted by atomic mass is 10.2. The highest BCUT2D eigenvalue weighted by molar-refractivity contribution is 6.31. The monoisotopic (exact) mass is 389 g/mol. The van der Waals surface area contributed by atoms with Gasteiger partial charge in [-0.15, -0.1) is 0 Å². The van der Waals surface area contributed by atoms with Gasteiger partial charge in [-0.25, -0.2) is 13.8 Å². The number of benzene rings is 2. The van der Waals surface area contributed by atoms with E-state index in [2.05, 4.69) is 5.32 Å². The number of halogens is 2. The van der Waals surface area contributed by atoms with Gasteiger partial charge in [-0.1, -0.05) is 30.7 Å². The third kappa shape index (κ3) is 3.64. The molecule has 0 aliphatic rings. The molecule has 1 aromatic heterocycles. The van der Waals surface area contributed by atoms with Gasteiger partial charge >= 0.3 is 5.69 Å². The van der Waals surface area contributed by atoms with E-state index >= 15 is 0 Å². The van der Waals surface area contributed by atoms with Crippen molar-refractivity contribution in [3.8, 4) is 5.69 Å². The molecule has 0 aliphatic heterocycles. The fraction of sp³-hybridized carbons (Fsp3) is 0.211. The molecule has 6 nitrogen and oxygen atoms in total. The highest BCUT2D eigenvalue weighted by Gasteiger charge is 2.18. The number of carbonyl (C=O) groups excluding carboxylic acids is 1. The Hall–Kier alpha value is -2.93. The fourth-order valence-electron chi connectivity index (χ4n) is 2.80. The summed E-state index contributed by atoms with van der Waals surface area (Å²) in [5, 5.41) is 3.15. The average Bonchev–Trinajstić information content (AvgIpc) is 2.65. The van der Waals surface area contributed by atoms with Crippen molar-refractivity contribution >= 4 is 28.4 Å². The first-order chi connectivity index (χ1) is 12.9. The van der Waals surface area contributed by atoms with Gasteiger partial charge in [0.25, 0.3) is 5.56 Å². The van der Waals surface area contributed by atoms with Crippen LogP contribution in [0.5, 0.6) is 0 Å². The third-order valence-electron chi connectivity index (χ3n) is 4.07. The number of hydrogen-bond acceptors (Lipinski definition) is 3. The zero-order chi connectivity index (χ0) is 19.6. The van der Waals surface area contributed by atoms with Gasteiger partial charge in [-0.05, 0) is 36.8 Å². The lowest BCUT2D eigenvalue weighted by Crippen LogP contribution is -2.42. The van der Waals surface area contributed by atoms with E-state index in [0.717, 1.165) is 21.6 Å². The molecule has 140 valence electrons. The Bertz CT molecular complexity index is 1140. The normalized spacial score (nSPS) is 10.9. The molecule has 1 amide bonds. The van der Waals surface area contributed by atoms with Crippen molar-refractivity contribution in [1.82, 2.24) is 14.5 Å². The zero-order valence-corrected chi connectivity index (χ0v) is 15.3. The highest BCUT2D eigenvalue weighted by Crippen LogP contribution is 2.17. The minimum absolute atomic E-state index is 0.158. The lowest BCUT2D eigenvalue weighted by molar-refractivity contribution is -0.121. The molecule has 0 radical (unpaired) electrons. The van der Waals surface area contributed by atoms with E-state index in [0.29, 0.717) is 11.6 Å². The summed E-state index contributed by atoms with van der Waals surface area (Å²) in [6, 6.07) is 9.88. The van der Waals surface area contributed by atoms with Crippen molar-refractivity contribution < 1.29 is 9.18 Å². The molecule has 1 heterocycles. The summed E-state index contributed by atoms with van der Waals surface area (Å²) in [5.74, 6) is -1.11. The minimum atomic E-state index is -0.813. The maximum absolute atomic E-state index is 14.3. The number of amides is 1. The molecule has 0 saturated carbocycles. The van der Waals surface area contributed by atoms with E-state index in [9.17, 15) is 18.8 Å². The number of rotatable bonds is 5. The van der Waals surface area contributed by atoms with Crippen LogP contribution >= 0.6 is 11.6 Å². The van der Waals surface area contributed by atoms with Gasteiger partial charge < -0.3 is 5.32 Å². The summed E-state index contributed by atoms with van der Waals surface area (Å²) in [6.45, 7) is 2.05. The van der Waals surface area contributed by atoms with E-state index < -0.39 is 17.1 Å². The Morgan fingerprint density at radius 1 is 1.19 bits per heavy atom. The van der Waals surface area contributed by atoms with Gasteiger partial charge in [-0.3, -0.25) is 14.2 Å². The van der Waals surface area contributed by atoms with E-state index in [1.165, 1.54) is 36.4 Å². The van der Waals surface area contributed by atoms with Crippen LogP contribution in [0, 0.1) is 5.82 Å². The molecular weight excluding hydrogens is 373 g/mol. The van der Waals surface area contributed by atoms with E-state index in [1.54, 1.807) is 0 Å². The molecule has 0 atom stereocenters. The number of nitrogens with one attached hydrogen (secondary N) is 1. The molecule has 3 rings (SSSR count). The number of hydrogen-bond donors (Lipinski definition) is 1. The SMILES string of the molecule is CCCNC(=O)Cn1c(=O)n(-c2ccccc2F)c(=O)c2ccc(Cl)cc21. The molecule has 0 unspecified atom stereocenters. The standard InChI is InChI=1S/C19H17ClFN3O3/c1-2-9-22-17(25)11-23-16-10-12(20)7-8-13(16)18(26)24(19(23)27)15-6-4-3-5-14(15)21/h3-8,10H,2,9,11H2,1H3,(H,22,25). The van der Waals surface area contributed by atoms with E-state index in [4.69, 9.17) is 11.6 Å². The Morgan fingerprint density at radius 3 is 2.63 bits per heavy atom. The van der Waals surface area contributed by atoms with Crippen LogP contribution < -0.4 is 16.6 Å². The molecule has 0 bridgehead atoms. The van der Waals surface area contributed by atoms with E-state index in [1.807, 2.05) is 6.92 Å². The highest BCUT2D eigenvalue weighted by atomic mass is 35.5. The Labute approximate surface area is 158 Å². The smallest absolute Gasteiger partial charge is 0.336 e. The van der Waals surface area contributed by atoms with Crippen LogP contribution in [0.15, 0.2) is 52.1 Å². The molecule has 2 aromatic carbocycles. The van der Waals surface area contributed by atoms with Crippen molar-refractivity contribution in [2.24, 2.45) is 0 Å². The molecule has 27 heavy (non-hydrogen) atoms. The molecule has 0 saturated heterocycles. The average molecular weight is 390 g/mol. The molecule has 0 aliphatic carbocycles. The van der Waals surface area contributed by atoms with Gasteiger partial charge in [0.2, 0.25) is 5.91 Å². The number of carbonyl (C=O) groups is 1. The summed E-state index contributed by atoms with van der Waals surface area (Å²) in [5.41, 5.74) is -1.45. The van der Waals surface area contributed by atoms with Gasteiger partial charge in [0.05, 0.1) is 16.6 Å². The van der Waals surface area contributed by atoms with Crippen molar-refractivity contribution in [1.29, 1.82) is 0 Å². The zero-order valence-electron chi connectivity index (χ0n) is 14.5. The Balaban J connectivity index is 2.31. The molecule has 0 fully saturated rings. The van der Waals surface area contributed by atoms with Crippen molar-refractivity contribution in [2.75, 3.05) is 6.54 Å². The summed E-state index contributed by atoms with van der Waals surface area (Å²) in [6.07, 6.45) is 0.738. The maximum Gasteiger partial charge on any atom is 0.336 e. The molecule has 1 N–H and O–H groups in total. The first kappa shape index (κ1) is 18.8. The maximum atomic E-state index is 14.3. The second kappa shape index (κ2) is 7.75. The molecule has 3 aromatic rings. The Kier molecular flexibility index (Phi) is 5.41. The van der Waals surface area contributed by atoms with Crippen LogP contribution in [0.2, 0.25) is 5.02 Å². The summed E-state index contributed by atoms with van der Waals surface area (Å²) >= 11 is 6.01. The predicted octanol–water partition coefficient (Wildman–Crippen LogP) is 2.47. The number of nitrogens with zero attached hydrogens (tertiary/aromatic N) is 2. The van der Waals surface area contributed by atoms with Gasteiger partial charge in [0, 0.05) is 11.6 Å². The lowest BCUT2D eigenvalue weighted by Gasteiger charge is -2.14. The van der Waals surface area contributed by atoms with Crippen LogP contribution in [0.4, 0.5) is 4.39 Å². The summed E-state index contributed by atoms with van der Waals surface area (Å²) < 4.78 is 16.1. The summed E-state index contributed by atoms with van der Waals surface area (Å²) in [7, 11) is 0. The Morgan fingerprint density at radius 2 is 1.93 bits per heavy atom. The van der Waals surface area contributed by atoms with Crippen LogP contribution in [-0.4, -0.2) is 21.6 Å². The molecular formula is C19H17ClFN3O3. The quantitative estimate of drug-likeness (QED) is 0.728. The predicted molar refractivity (Wildman–Crippen MR) is 102 cm³/mol. The van der Waals surface area contributed by atoms with Crippen LogP contribution in [-0.2, 0) is 11.3 Å². The molecule has 8 heteroatoms. The van der Waals surface area contributed by atoms with Gasteiger partial charge in [0.1, 0.15) is 12.4 Å². The number of aromatic nitrogens is 2. The second-order valence-corrected chi connectivity index (χ2v) is 6.41. The fourth-order valence-corrected chi connectivity index (χ4v) is 2.97. The first-order valence-corrected chi connectivity index (χ1v) is 8.78. The minimum Gasteiger partial charge on any atom is -0.355 e. The topological polar surface area (TPSA) is 73.1 Å². The van der Waals surface area contributed by atoms with Crippen LogP contribution in [0.25, 0.3) is 16.6 Å². The number of fused-ring (bicyclic) bond motifs is 1. The first-order valence-electron chi connectivity index (χ1n) is 8.40. The van der Waals surface area contributed by atoms with Crippen molar-refractivity contribution in [3.05, 3.63) is 74.1 Å². The second-order valence-electron chi connectivity index (χ2n) is 5.97. The van der Waals surface area contributed by atoms with Gasteiger partial charge in [-0.2, -0.15) is 0 Å². The molecule has 0 spiro atoms. The number of para-hydroxylation sites is 1. The van der Waals surface area contributed by atoms with Crippen LogP contribution in [0.3, 0.4) is 0 Å². The van der Waals surface area contributed by atoms with Crippen LogP contribution in [0.1, 0.15) is 13.3 Å². The summed E-state index contributed by atoms with van der Waals surface area (Å²) in [4.78, 5) is 38.1. The third-order valence-corrected chi connectivity index (χ3v) is 4.31. The van der Waals surface area contributed by atoms with Gasteiger partial charge in [0.15, 0.2) is 0 Å². The van der Waals surface area contributed by atoms with Crippen molar-refractivity contribution in [3.63, 3.8) is 0 Å². The largest absolute Gasteiger partial charge is 0.355 e. The van der Waals surface area contributed by atoms with Crippen molar-refractivity contribution in [2.45, 2.75) is 19.9 Å². The van der Waals surface area contributed by atoms with E-state index in [-0.39, 0.29) is 29.0 Å².